The van der Waals surface area contributed by atoms with Crippen molar-refractivity contribution in [2.24, 2.45) is 0 Å². The Kier molecular flexibility index (Phi) is 2.37. The average molecular weight is 104 g/mol. The van der Waals surface area contributed by atoms with Gasteiger partial charge < -0.3 is 10.0 Å². The van der Waals surface area contributed by atoms with Crippen LogP contribution in [0.15, 0.2) is 0 Å². The molecule has 0 aliphatic carbocycles. The number of nitrogens with one attached hydrogen (secondary N) is 1. The molecule has 3 nitrogen and oxygen atoms in total. The normalized spacial score (nSPS) is 9.57. The first kappa shape index (κ1) is 6.43. The van der Waals surface area contributed by atoms with E-state index in [1.54, 1.807) is 14.1 Å². The number of carbonyl (C=O) groups is 1. The number of rotatable bonds is 2. The second-order valence-corrected chi connectivity index (χ2v) is 1.78. The summed E-state index contributed by atoms with van der Waals surface area (Å²) in [6, 6.07) is 0. The van der Waals surface area contributed by atoms with E-state index in [1.165, 1.54) is 0 Å². The van der Waals surface area contributed by atoms with E-state index in [0.29, 0.717) is 0 Å². The summed E-state index contributed by atoms with van der Waals surface area (Å²) < 4.78 is 0. The molecule has 42 valence electrons. The number of quaternary nitrogens is 1. The highest BCUT2D eigenvalue weighted by Gasteiger charge is 1.98. The van der Waals surface area contributed by atoms with Gasteiger partial charge in [-0.05, 0) is 0 Å². The maximum Gasteiger partial charge on any atom is 0.359 e. The zero-order valence-corrected chi connectivity index (χ0v) is 4.56. The standard InChI is InChI=1S/C4H9NO2/c1-5(2)3-4(6)7/h3H2,1-2H3,(H,6,7)/p+1. The third-order valence-corrected chi connectivity index (χ3v) is 0.505. The first-order valence-electron chi connectivity index (χ1n) is 2.13. The first-order valence-corrected chi connectivity index (χ1v) is 2.13. The molecular weight excluding hydrogens is 94.0 g/mol. The Labute approximate surface area is 42.5 Å². The van der Waals surface area contributed by atoms with Crippen molar-refractivity contribution in [3.63, 3.8) is 0 Å². The summed E-state index contributed by atoms with van der Waals surface area (Å²) in [5, 5.41) is 8.06. The minimum absolute atomic E-state index is 0.194. The van der Waals surface area contributed by atoms with Crippen LogP contribution in [0.25, 0.3) is 0 Å². The molecule has 2 N–H and O–H groups in total. The molecule has 7 heavy (non-hydrogen) atoms. The van der Waals surface area contributed by atoms with Crippen molar-refractivity contribution in [3.8, 4) is 0 Å². The molecule has 0 saturated carbocycles. The molecule has 0 saturated heterocycles. The summed E-state index contributed by atoms with van der Waals surface area (Å²) in [5.74, 6) is -0.750. The molecule has 0 fully saturated rings. The number of carboxylic acids is 1. The molecular formula is C4H10NO2+. The van der Waals surface area contributed by atoms with Crippen LogP contribution < -0.4 is 4.90 Å². The molecule has 0 spiro atoms. The van der Waals surface area contributed by atoms with E-state index < -0.39 is 5.97 Å². The predicted octanol–water partition coefficient (Wildman–Crippen LogP) is -1.78. The highest BCUT2D eigenvalue weighted by molar-refractivity contribution is 5.67. The highest BCUT2D eigenvalue weighted by Crippen LogP contribution is 1.45. The van der Waals surface area contributed by atoms with E-state index in [2.05, 4.69) is 0 Å². The molecule has 0 aromatic heterocycles. The maximum atomic E-state index is 9.79. The molecule has 0 atom stereocenters. The van der Waals surface area contributed by atoms with E-state index in [0.717, 1.165) is 4.90 Å². The Morgan fingerprint density at radius 2 is 2.14 bits per heavy atom. The fourth-order valence-electron chi connectivity index (χ4n) is 0.302. The van der Waals surface area contributed by atoms with Crippen molar-refractivity contribution in [2.75, 3.05) is 20.6 Å². The molecule has 0 amide bonds. The van der Waals surface area contributed by atoms with E-state index in [4.69, 9.17) is 5.11 Å². The van der Waals surface area contributed by atoms with Crippen molar-refractivity contribution >= 4 is 5.97 Å². The van der Waals surface area contributed by atoms with Gasteiger partial charge in [0.15, 0.2) is 6.54 Å². The van der Waals surface area contributed by atoms with Crippen LogP contribution in [-0.4, -0.2) is 31.7 Å². The van der Waals surface area contributed by atoms with Crippen LogP contribution in [0.3, 0.4) is 0 Å². The van der Waals surface area contributed by atoms with Gasteiger partial charge >= 0.3 is 5.97 Å². The lowest BCUT2D eigenvalue weighted by Crippen LogP contribution is -3.06. The second-order valence-electron chi connectivity index (χ2n) is 1.78. The summed E-state index contributed by atoms with van der Waals surface area (Å²) in [6.45, 7) is 0.194. The minimum atomic E-state index is -0.750. The van der Waals surface area contributed by atoms with Gasteiger partial charge in [0.2, 0.25) is 0 Å². The molecule has 0 radical (unpaired) electrons. The van der Waals surface area contributed by atoms with Gasteiger partial charge in [0.05, 0.1) is 14.1 Å². The smallest absolute Gasteiger partial charge is 0.359 e. The Bertz CT molecular complexity index is 70.1. The number of likely N-dealkylation sites (N-methyl/N-ethyl adjacent to an activating group) is 1. The van der Waals surface area contributed by atoms with Gasteiger partial charge in [-0.2, -0.15) is 0 Å². The van der Waals surface area contributed by atoms with Crippen molar-refractivity contribution in [2.45, 2.75) is 0 Å². The predicted molar refractivity (Wildman–Crippen MR) is 25.3 cm³/mol. The lowest BCUT2D eigenvalue weighted by atomic mass is 10.6. The van der Waals surface area contributed by atoms with Gasteiger partial charge in [0, 0.05) is 0 Å². The summed E-state index contributed by atoms with van der Waals surface area (Å²) >= 11 is 0. The molecule has 0 bridgehead atoms. The van der Waals surface area contributed by atoms with Crippen LogP contribution in [0.4, 0.5) is 0 Å². The third-order valence-electron chi connectivity index (χ3n) is 0.505. The first-order chi connectivity index (χ1) is 3.13. The molecule has 0 aliphatic heterocycles. The Morgan fingerprint density at radius 1 is 1.71 bits per heavy atom. The third kappa shape index (κ3) is 5.43. The lowest BCUT2D eigenvalue weighted by molar-refractivity contribution is -0.850. The van der Waals surface area contributed by atoms with E-state index >= 15 is 0 Å². The Morgan fingerprint density at radius 3 is 2.14 bits per heavy atom. The largest absolute Gasteiger partial charge is 0.477 e. The Balaban J connectivity index is 3.13. The van der Waals surface area contributed by atoms with E-state index in [9.17, 15) is 4.79 Å². The van der Waals surface area contributed by atoms with Crippen LogP contribution in [0, 0.1) is 0 Å². The fraction of sp³-hybridized carbons (Fsp3) is 0.750. The molecule has 0 heterocycles. The number of hydrogen-bond acceptors (Lipinski definition) is 1. The SMILES string of the molecule is C[NH+](C)CC(=O)O. The van der Waals surface area contributed by atoms with Gasteiger partial charge in [0.1, 0.15) is 0 Å². The van der Waals surface area contributed by atoms with Crippen LogP contribution in [0.5, 0.6) is 0 Å². The van der Waals surface area contributed by atoms with Crippen LogP contribution in [0.2, 0.25) is 0 Å². The van der Waals surface area contributed by atoms with Gasteiger partial charge in [-0.15, -0.1) is 0 Å². The van der Waals surface area contributed by atoms with Crippen LogP contribution in [-0.2, 0) is 4.79 Å². The van der Waals surface area contributed by atoms with E-state index in [1.807, 2.05) is 0 Å². The average Bonchev–Trinajstić information content (AvgIpc) is 1.27. The molecule has 0 aromatic carbocycles. The summed E-state index contributed by atoms with van der Waals surface area (Å²) in [6.07, 6.45) is 0. The number of carboxylic acid groups (broad SMARTS) is 1. The van der Waals surface area contributed by atoms with E-state index in [-0.39, 0.29) is 6.54 Å². The van der Waals surface area contributed by atoms with Crippen molar-refractivity contribution in [1.29, 1.82) is 0 Å². The Hall–Kier alpha value is -0.570. The van der Waals surface area contributed by atoms with Gasteiger partial charge in [-0.3, -0.25) is 0 Å². The molecule has 3 heteroatoms. The number of aliphatic carboxylic acids is 1. The van der Waals surface area contributed by atoms with Crippen molar-refractivity contribution in [1.82, 2.24) is 0 Å². The summed E-state index contributed by atoms with van der Waals surface area (Å²) in [7, 11) is 3.60. The quantitative estimate of drug-likeness (QED) is 0.434. The minimum Gasteiger partial charge on any atom is -0.477 e. The van der Waals surface area contributed by atoms with Crippen LogP contribution in [0.1, 0.15) is 0 Å². The molecule has 0 rings (SSSR count). The van der Waals surface area contributed by atoms with Crippen molar-refractivity contribution < 1.29 is 14.8 Å². The van der Waals surface area contributed by atoms with Crippen molar-refractivity contribution in [3.05, 3.63) is 0 Å². The monoisotopic (exact) mass is 104 g/mol. The molecule has 0 aliphatic rings. The fourth-order valence-corrected chi connectivity index (χ4v) is 0.302. The van der Waals surface area contributed by atoms with Crippen LogP contribution >= 0.6 is 0 Å². The molecule has 0 aromatic rings. The number of hydrogen-bond donors (Lipinski definition) is 2. The van der Waals surface area contributed by atoms with Gasteiger partial charge in [0.25, 0.3) is 0 Å². The lowest BCUT2D eigenvalue weighted by Gasteiger charge is -1.99. The summed E-state index contributed by atoms with van der Waals surface area (Å²) in [4.78, 5) is 10.7. The van der Waals surface area contributed by atoms with Gasteiger partial charge in [-0.25, -0.2) is 4.79 Å². The highest BCUT2D eigenvalue weighted by atomic mass is 16.4. The molecule has 0 unspecified atom stereocenters. The topological polar surface area (TPSA) is 41.7 Å². The summed E-state index contributed by atoms with van der Waals surface area (Å²) in [5.41, 5.74) is 0. The second kappa shape index (κ2) is 2.58. The maximum absolute atomic E-state index is 9.79. The zero-order valence-electron chi connectivity index (χ0n) is 4.56. The zero-order chi connectivity index (χ0) is 5.86. The van der Waals surface area contributed by atoms with Gasteiger partial charge in [-0.1, -0.05) is 0 Å².